The fourth-order valence-electron chi connectivity index (χ4n) is 1.71. The molecule has 1 rings (SSSR count). The number of rotatable bonds is 10. The van der Waals surface area contributed by atoms with Gasteiger partial charge in [-0.3, -0.25) is 0 Å². The van der Waals surface area contributed by atoms with Gasteiger partial charge in [0.1, 0.15) is 5.75 Å². The molecule has 3 N–H and O–H groups in total. The van der Waals surface area contributed by atoms with E-state index < -0.39 is 0 Å². The molecule has 0 bridgehead atoms. The molecule has 0 aromatic heterocycles. The molecule has 0 fully saturated rings. The van der Waals surface area contributed by atoms with E-state index >= 15 is 0 Å². The second-order valence-corrected chi connectivity index (χ2v) is 6.14. The highest BCUT2D eigenvalue weighted by molar-refractivity contribution is 9.11. The van der Waals surface area contributed by atoms with Crippen LogP contribution in [0.3, 0.4) is 0 Å². The fraction of sp³-hybridized carbons (Fsp3) is 0.571. The molecule has 0 amide bonds. The van der Waals surface area contributed by atoms with E-state index in [0.29, 0.717) is 13.2 Å². The van der Waals surface area contributed by atoms with Gasteiger partial charge in [-0.1, -0.05) is 22.9 Å². The SMILES string of the molecule is CCCOc1c(Br)cc(Br)cc1CNCCNCCO. The summed E-state index contributed by atoms with van der Waals surface area (Å²) in [6.45, 7) is 6.04. The lowest BCUT2D eigenvalue weighted by molar-refractivity contribution is 0.292. The maximum Gasteiger partial charge on any atom is 0.138 e. The first kappa shape index (κ1) is 17.9. The van der Waals surface area contributed by atoms with Crippen LogP contribution in [-0.4, -0.2) is 38.0 Å². The Morgan fingerprint density at radius 2 is 1.90 bits per heavy atom. The highest BCUT2D eigenvalue weighted by Gasteiger charge is 2.09. The van der Waals surface area contributed by atoms with Crippen molar-refractivity contribution in [2.45, 2.75) is 19.9 Å². The largest absolute Gasteiger partial charge is 0.492 e. The first-order valence-corrected chi connectivity index (χ1v) is 8.40. The highest BCUT2D eigenvalue weighted by atomic mass is 79.9. The van der Waals surface area contributed by atoms with Gasteiger partial charge in [-0.25, -0.2) is 0 Å². The summed E-state index contributed by atoms with van der Waals surface area (Å²) in [5, 5.41) is 15.2. The van der Waals surface area contributed by atoms with Crippen molar-refractivity contribution in [3.05, 3.63) is 26.6 Å². The maximum absolute atomic E-state index is 8.67. The summed E-state index contributed by atoms with van der Waals surface area (Å²) in [5.74, 6) is 0.908. The van der Waals surface area contributed by atoms with Gasteiger partial charge < -0.3 is 20.5 Å². The smallest absolute Gasteiger partial charge is 0.138 e. The molecule has 0 aliphatic carbocycles. The Bertz CT molecular complexity index is 403. The molecule has 4 nitrogen and oxygen atoms in total. The molecule has 0 spiro atoms. The van der Waals surface area contributed by atoms with E-state index in [2.05, 4.69) is 55.5 Å². The molecule has 0 aliphatic heterocycles. The minimum atomic E-state index is 0.174. The van der Waals surface area contributed by atoms with Gasteiger partial charge in [-0.15, -0.1) is 0 Å². The van der Waals surface area contributed by atoms with Crippen LogP contribution < -0.4 is 15.4 Å². The van der Waals surface area contributed by atoms with Crippen LogP contribution in [0, 0.1) is 0 Å². The number of halogens is 2. The zero-order valence-corrected chi connectivity index (χ0v) is 14.9. The van der Waals surface area contributed by atoms with E-state index in [-0.39, 0.29) is 6.61 Å². The molecule has 1 aromatic rings. The lowest BCUT2D eigenvalue weighted by atomic mass is 10.2. The van der Waals surface area contributed by atoms with E-state index in [9.17, 15) is 0 Å². The molecule has 0 unspecified atom stereocenters. The molecule has 6 heteroatoms. The molecule has 0 aliphatic rings. The van der Waals surface area contributed by atoms with Crippen molar-refractivity contribution in [2.75, 3.05) is 32.8 Å². The summed E-state index contributed by atoms with van der Waals surface area (Å²) in [6, 6.07) is 4.07. The van der Waals surface area contributed by atoms with Crippen molar-refractivity contribution in [1.82, 2.24) is 10.6 Å². The van der Waals surface area contributed by atoms with E-state index in [4.69, 9.17) is 9.84 Å². The number of benzene rings is 1. The van der Waals surface area contributed by atoms with Crippen molar-refractivity contribution in [3.8, 4) is 5.75 Å². The summed E-state index contributed by atoms with van der Waals surface area (Å²) in [6.07, 6.45) is 0.987. The van der Waals surface area contributed by atoms with Crippen LogP contribution in [-0.2, 0) is 6.54 Å². The van der Waals surface area contributed by atoms with Crippen LogP contribution in [0.5, 0.6) is 5.75 Å². The third-order valence-electron chi connectivity index (χ3n) is 2.62. The quantitative estimate of drug-likeness (QED) is 0.520. The molecule has 0 saturated heterocycles. The monoisotopic (exact) mass is 408 g/mol. The van der Waals surface area contributed by atoms with Crippen LogP contribution in [0.2, 0.25) is 0 Å². The predicted octanol–water partition coefficient (Wildman–Crippen LogP) is 2.67. The van der Waals surface area contributed by atoms with Crippen LogP contribution in [0.15, 0.2) is 21.1 Å². The van der Waals surface area contributed by atoms with Gasteiger partial charge in [0.15, 0.2) is 0 Å². The van der Waals surface area contributed by atoms with Gasteiger partial charge in [0, 0.05) is 36.2 Å². The topological polar surface area (TPSA) is 53.5 Å². The molecule has 0 atom stereocenters. The van der Waals surface area contributed by atoms with Gasteiger partial charge >= 0.3 is 0 Å². The van der Waals surface area contributed by atoms with Crippen molar-refractivity contribution in [2.24, 2.45) is 0 Å². The molecule has 0 radical (unpaired) electrons. The van der Waals surface area contributed by atoms with Crippen molar-refractivity contribution in [3.63, 3.8) is 0 Å². The molecule has 1 aromatic carbocycles. The van der Waals surface area contributed by atoms with Gasteiger partial charge in [0.2, 0.25) is 0 Å². The zero-order chi connectivity index (χ0) is 14.8. The van der Waals surface area contributed by atoms with Gasteiger partial charge in [-0.05, 0) is 34.5 Å². The number of nitrogens with one attached hydrogen (secondary N) is 2. The summed E-state index contributed by atoms with van der Waals surface area (Å²) < 4.78 is 7.81. The molecular formula is C14H22Br2N2O2. The minimum absolute atomic E-state index is 0.174. The molecule has 20 heavy (non-hydrogen) atoms. The second kappa shape index (κ2) is 10.6. The van der Waals surface area contributed by atoms with Crippen LogP contribution >= 0.6 is 31.9 Å². The molecule has 0 saturated carbocycles. The van der Waals surface area contributed by atoms with Gasteiger partial charge in [0.05, 0.1) is 17.7 Å². The lowest BCUT2D eigenvalue weighted by Gasteiger charge is -2.14. The summed E-state index contributed by atoms with van der Waals surface area (Å²) in [7, 11) is 0. The van der Waals surface area contributed by atoms with E-state index in [1.807, 2.05) is 6.07 Å². The Balaban J connectivity index is 2.53. The summed E-state index contributed by atoms with van der Waals surface area (Å²) >= 11 is 7.05. The summed E-state index contributed by atoms with van der Waals surface area (Å²) in [5.41, 5.74) is 1.13. The van der Waals surface area contributed by atoms with Gasteiger partial charge in [0.25, 0.3) is 0 Å². The first-order chi connectivity index (χ1) is 9.69. The first-order valence-electron chi connectivity index (χ1n) is 6.82. The molecule has 114 valence electrons. The molecule has 0 heterocycles. The Morgan fingerprint density at radius 1 is 1.15 bits per heavy atom. The molecular weight excluding hydrogens is 388 g/mol. The Morgan fingerprint density at radius 3 is 2.60 bits per heavy atom. The van der Waals surface area contributed by atoms with Crippen LogP contribution in [0.4, 0.5) is 0 Å². The predicted molar refractivity (Wildman–Crippen MR) is 89.3 cm³/mol. The summed E-state index contributed by atoms with van der Waals surface area (Å²) in [4.78, 5) is 0. The fourth-order valence-corrected chi connectivity index (χ4v) is 3.14. The maximum atomic E-state index is 8.67. The minimum Gasteiger partial charge on any atom is -0.492 e. The van der Waals surface area contributed by atoms with Crippen LogP contribution in [0.25, 0.3) is 0 Å². The average molecular weight is 410 g/mol. The highest BCUT2D eigenvalue weighted by Crippen LogP contribution is 2.33. The van der Waals surface area contributed by atoms with Crippen molar-refractivity contribution >= 4 is 31.9 Å². The van der Waals surface area contributed by atoms with E-state index in [1.54, 1.807) is 0 Å². The lowest BCUT2D eigenvalue weighted by Crippen LogP contribution is -2.29. The number of ether oxygens (including phenoxy) is 1. The number of aliphatic hydroxyl groups is 1. The van der Waals surface area contributed by atoms with E-state index in [1.165, 1.54) is 0 Å². The van der Waals surface area contributed by atoms with Crippen molar-refractivity contribution < 1.29 is 9.84 Å². The number of hydrogen-bond acceptors (Lipinski definition) is 4. The Kier molecular flexibility index (Phi) is 9.46. The third kappa shape index (κ3) is 6.54. The zero-order valence-electron chi connectivity index (χ0n) is 11.7. The average Bonchev–Trinajstić information content (AvgIpc) is 2.41. The number of hydrogen-bond donors (Lipinski definition) is 3. The number of aliphatic hydroxyl groups excluding tert-OH is 1. The van der Waals surface area contributed by atoms with E-state index in [0.717, 1.165) is 46.3 Å². The second-order valence-electron chi connectivity index (χ2n) is 4.37. The third-order valence-corrected chi connectivity index (χ3v) is 3.67. The van der Waals surface area contributed by atoms with Crippen molar-refractivity contribution in [1.29, 1.82) is 0 Å². The Hall–Kier alpha value is -0.140. The standard InChI is InChI=1S/C14H22Br2N2O2/c1-2-7-20-14-11(8-12(15)9-13(14)16)10-18-4-3-17-5-6-19/h8-9,17-19H,2-7,10H2,1H3. The van der Waals surface area contributed by atoms with Gasteiger partial charge in [-0.2, -0.15) is 0 Å². The Labute approximate surface area is 137 Å². The normalized spacial score (nSPS) is 10.8. The van der Waals surface area contributed by atoms with Crippen LogP contribution in [0.1, 0.15) is 18.9 Å².